The molecule has 7 heteroatoms. The number of likely N-dealkylation sites (tertiary alicyclic amines) is 1. The summed E-state index contributed by atoms with van der Waals surface area (Å²) in [5.41, 5.74) is 0. The number of rotatable bonds is 6. The van der Waals surface area contributed by atoms with E-state index < -0.39 is 0 Å². The van der Waals surface area contributed by atoms with Crippen molar-refractivity contribution in [1.82, 2.24) is 20.4 Å². The van der Waals surface area contributed by atoms with Crippen molar-refractivity contribution < 1.29 is 9.32 Å². The monoisotopic (exact) mass is 328 g/mol. The van der Waals surface area contributed by atoms with Gasteiger partial charge < -0.3 is 14.7 Å². The van der Waals surface area contributed by atoms with Crippen LogP contribution in [-0.4, -0.2) is 47.1 Å². The summed E-state index contributed by atoms with van der Waals surface area (Å²) in [6.07, 6.45) is 6.66. The molecular formula is C15H25ClN4O2. The second kappa shape index (κ2) is 7.92. The molecule has 1 saturated carbocycles. The van der Waals surface area contributed by atoms with E-state index in [4.69, 9.17) is 4.52 Å². The third-order valence-corrected chi connectivity index (χ3v) is 4.39. The standard InChI is InChI=1S/C15H24N4O2.ClH/c1-16-12-4-3-9-19(10-12)14(20)6-2-5-13-17-15(18-21-13)11-7-8-11;/h11-12,16H,2-10H2,1H3;1H. The topological polar surface area (TPSA) is 71.3 Å². The van der Waals surface area contributed by atoms with Crippen LogP contribution in [-0.2, 0) is 11.2 Å². The SMILES string of the molecule is CNC1CCCN(C(=O)CCCc2nc(C3CC3)no2)C1.Cl. The molecule has 1 atom stereocenters. The Morgan fingerprint density at radius 2 is 2.23 bits per heavy atom. The minimum Gasteiger partial charge on any atom is -0.341 e. The van der Waals surface area contributed by atoms with Crippen LogP contribution in [0.1, 0.15) is 56.2 Å². The van der Waals surface area contributed by atoms with Crippen molar-refractivity contribution in [2.45, 2.75) is 56.9 Å². The molecule has 0 aromatic carbocycles. The van der Waals surface area contributed by atoms with Crippen molar-refractivity contribution in [3.63, 3.8) is 0 Å². The Balaban J connectivity index is 0.00000176. The summed E-state index contributed by atoms with van der Waals surface area (Å²) in [6, 6.07) is 0.444. The van der Waals surface area contributed by atoms with Crippen LogP contribution in [0.2, 0.25) is 0 Å². The number of aromatic nitrogens is 2. The number of likely N-dealkylation sites (N-methyl/N-ethyl adjacent to an activating group) is 1. The van der Waals surface area contributed by atoms with Gasteiger partial charge in [0.2, 0.25) is 11.8 Å². The number of carbonyl (C=O) groups excluding carboxylic acids is 1. The Morgan fingerprint density at radius 1 is 1.41 bits per heavy atom. The molecule has 1 saturated heterocycles. The second-order valence-electron chi connectivity index (χ2n) is 6.14. The molecule has 6 nitrogen and oxygen atoms in total. The average molecular weight is 329 g/mol. The largest absolute Gasteiger partial charge is 0.341 e. The number of halogens is 1. The molecule has 2 fully saturated rings. The van der Waals surface area contributed by atoms with Gasteiger partial charge in [0.25, 0.3) is 0 Å². The van der Waals surface area contributed by atoms with Gasteiger partial charge in [-0.15, -0.1) is 12.4 Å². The minimum absolute atomic E-state index is 0. The summed E-state index contributed by atoms with van der Waals surface area (Å²) in [7, 11) is 1.96. The zero-order valence-corrected chi connectivity index (χ0v) is 13.9. The van der Waals surface area contributed by atoms with Gasteiger partial charge in [-0.3, -0.25) is 4.79 Å². The van der Waals surface area contributed by atoms with Crippen molar-refractivity contribution in [3.05, 3.63) is 11.7 Å². The average Bonchev–Trinajstić information content (AvgIpc) is 3.27. The lowest BCUT2D eigenvalue weighted by molar-refractivity contribution is -0.132. The predicted octanol–water partition coefficient (Wildman–Crippen LogP) is 1.90. The lowest BCUT2D eigenvalue weighted by Crippen LogP contribution is -2.46. The van der Waals surface area contributed by atoms with Crippen molar-refractivity contribution in [2.24, 2.45) is 0 Å². The number of carbonyl (C=O) groups is 1. The van der Waals surface area contributed by atoms with Gasteiger partial charge in [0.05, 0.1) is 0 Å². The Hall–Kier alpha value is -1.14. The highest BCUT2D eigenvalue weighted by atomic mass is 35.5. The molecule has 1 N–H and O–H groups in total. The maximum Gasteiger partial charge on any atom is 0.226 e. The van der Waals surface area contributed by atoms with Crippen molar-refractivity contribution in [3.8, 4) is 0 Å². The molecule has 1 aliphatic heterocycles. The molecule has 124 valence electrons. The van der Waals surface area contributed by atoms with E-state index in [1.807, 2.05) is 11.9 Å². The van der Waals surface area contributed by atoms with Crippen LogP contribution in [0.3, 0.4) is 0 Å². The maximum absolute atomic E-state index is 12.2. The van der Waals surface area contributed by atoms with E-state index in [0.29, 0.717) is 30.7 Å². The number of aryl methyl sites for hydroxylation is 1. The summed E-state index contributed by atoms with van der Waals surface area (Å²) >= 11 is 0. The van der Waals surface area contributed by atoms with Crippen molar-refractivity contribution in [1.29, 1.82) is 0 Å². The molecule has 1 aromatic heterocycles. The lowest BCUT2D eigenvalue weighted by Gasteiger charge is -2.32. The molecule has 2 aliphatic rings. The van der Waals surface area contributed by atoms with E-state index in [1.165, 1.54) is 12.8 Å². The van der Waals surface area contributed by atoms with E-state index in [9.17, 15) is 4.79 Å². The summed E-state index contributed by atoms with van der Waals surface area (Å²) < 4.78 is 5.23. The van der Waals surface area contributed by atoms with E-state index in [-0.39, 0.29) is 18.3 Å². The number of amides is 1. The first-order valence-corrected chi connectivity index (χ1v) is 8.04. The van der Waals surface area contributed by atoms with Gasteiger partial charge in [0, 0.05) is 37.9 Å². The van der Waals surface area contributed by atoms with Crippen molar-refractivity contribution >= 4 is 18.3 Å². The van der Waals surface area contributed by atoms with Crippen LogP contribution in [0.15, 0.2) is 4.52 Å². The molecule has 0 spiro atoms. The predicted molar refractivity (Wildman–Crippen MR) is 85.1 cm³/mol. The van der Waals surface area contributed by atoms with Crippen LogP contribution in [0.4, 0.5) is 0 Å². The normalized spacial score (nSPS) is 21.5. The van der Waals surface area contributed by atoms with Gasteiger partial charge in [-0.25, -0.2) is 0 Å². The van der Waals surface area contributed by atoms with Crippen LogP contribution < -0.4 is 5.32 Å². The fourth-order valence-electron chi connectivity index (χ4n) is 2.87. The highest BCUT2D eigenvalue weighted by Crippen LogP contribution is 2.38. The molecule has 3 rings (SSSR count). The number of piperidine rings is 1. The maximum atomic E-state index is 12.2. The highest BCUT2D eigenvalue weighted by Gasteiger charge is 2.28. The van der Waals surface area contributed by atoms with Gasteiger partial charge in [0.1, 0.15) is 0 Å². The first-order valence-electron chi connectivity index (χ1n) is 8.04. The van der Waals surface area contributed by atoms with Gasteiger partial charge in [0.15, 0.2) is 5.82 Å². The smallest absolute Gasteiger partial charge is 0.226 e. The van der Waals surface area contributed by atoms with Gasteiger partial charge in [-0.2, -0.15) is 4.98 Å². The molecule has 0 bridgehead atoms. The fraction of sp³-hybridized carbons (Fsp3) is 0.800. The van der Waals surface area contributed by atoms with Crippen molar-refractivity contribution in [2.75, 3.05) is 20.1 Å². The third kappa shape index (κ3) is 4.43. The molecule has 22 heavy (non-hydrogen) atoms. The quantitative estimate of drug-likeness (QED) is 0.863. The molecule has 1 aliphatic carbocycles. The zero-order valence-electron chi connectivity index (χ0n) is 13.1. The molecule has 0 radical (unpaired) electrons. The zero-order chi connectivity index (χ0) is 14.7. The second-order valence-corrected chi connectivity index (χ2v) is 6.14. The van der Waals surface area contributed by atoms with Crippen LogP contribution in [0, 0.1) is 0 Å². The Bertz CT molecular complexity index is 490. The number of nitrogens with zero attached hydrogens (tertiary/aromatic N) is 3. The fourth-order valence-corrected chi connectivity index (χ4v) is 2.87. The van der Waals surface area contributed by atoms with E-state index in [1.54, 1.807) is 0 Å². The summed E-state index contributed by atoms with van der Waals surface area (Å²) in [5.74, 6) is 2.30. The Morgan fingerprint density at radius 3 is 2.95 bits per heavy atom. The Labute approximate surface area is 137 Å². The molecule has 1 unspecified atom stereocenters. The van der Waals surface area contributed by atoms with Gasteiger partial charge >= 0.3 is 0 Å². The highest BCUT2D eigenvalue weighted by molar-refractivity contribution is 5.85. The van der Waals surface area contributed by atoms with E-state index in [2.05, 4.69) is 15.5 Å². The van der Waals surface area contributed by atoms with Gasteiger partial charge in [-0.1, -0.05) is 5.16 Å². The first-order chi connectivity index (χ1) is 10.3. The Kier molecular flexibility index (Phi) is 6.20. The van der Waals surface area contributed by atoms with E-state index >= 15 is 0 Å². The first kappa shape index (κ1) is 17.2. The number of nitrogens with one attached hydrogen (secondary N) is 1. The summed E-state index contributed by atoms with van der Waals surface area (Å²) in [6.45, 7) is 1.73. The van der Waals surface area contributed by atoms with Crippen LogP contribution >= 0.6 is 12.4 Å². The molecule has 1 aromatic rings. The van der Waals surface area contributed by atoms with E-state index in [0.717, 1.165) is 38.2 Å². The minimum atomic E-state index is 0. The van der Waals surface area contributed by atoms with Crippen LogP contribution in [0.25, 0.3) is 0 Å². The lowest BCUT2D eigenvalue weighted by atomic mass is 10.1. The van der Waals surface area contributed by atoms with Gasteiger partial charge in [-0.05, 0) is 39.2 Å². The number of hydrogen-bond acceptors (Lipinski definition) is 5. The number of hydrogen-bond donors (Lipinski definition) is 1. The summed E-state index contributed by atoms with van der Waals surface area (Å²) in [5, 5.41) is 7.26. The van der Waals surface area contributed by atoms with Crippen LogP contribution in [0.5, 0.6) is 0 Å². The molecule has 1 amide bonds. The third-order valence-electron chi connectivity index (χ3n) is 4.39. The molecule has 2 heterocycles. The molecular weight excluding hydrogens is 304 g/mol. The summed E-state index contributed by atoms with van der Waals surface area (Å²) in [4.78, 5) is 18.6.